The van der Waals surface area contributed by atoms with Gasteiger partial charge in [0.05, 0.1) is 4.88 Å². The molecule has 0 saturated carbocycles. The summed E-state index contributed by atoms with van der Waals surface area (Å²) >= 11 is 10.9. The van der Waals surface area contributed by atoms with Gasteiger partial charge in [-0.25, -0.2) is 4.98 Å². The van der Waals surface area contributed by atoms with Crippen molar-refractivity contribution < 1.29 is 9.59 Å². The molecule has 0 atom stereocenters. The Balaban J connectivity index is 1.59. The quantitative estimate of drug-likeness (QED) is 0.193. The molecule has 4 rings (SSSR count). The minimum Gasteiger partial charge on any atom is -0.349 e. The molecule has 0 aliphatic heterocycles. The van der Waals surface area contributed by atoms with Crippen molar-refractivity contribution in [1.29, 1.82) is 0 Å². The Labute approximate surface area is 239 Å². The van der Waals surface area contributed by atoms with Gasteiger partial charge < -0.3 is 20.9 Å². The van der Waals surface area contributed by atoms with Crippen LogP contribution in [0.4, 0.5) is 16.5 Å². The zero-order valence-corrected chi connectivity index (χ0v) is 24.3. The SMILES string of the molecule is Cc1ccc(NC(=O)c2cccc(Br)c2)cc1Nc1nc(C(=O)NCCN(C)C)c(-c2ccc(Cl)cc2)s1. The average molecular weight is 613 g/mol. The van der Waals surface area contributed by atoms with Crippen molar-refractivity contribution in [3.8, 4) is 10.4 Å². The van der Waals surface area contributed by atoms with Gasteiger partial charge in [0.2, 0.25) is 0 Å². The van der Waals surface area contributed by atoms with Crippen LogP contribution in [0.15, 0.2) is 71.2 Å². The Kier molecular flexibility index (Phi) is 9.17. The van der Waals surface area contributed by atoms with Crippen LogP contribution in [0.1, 0.15) is 26.4 Å². The number of amides is 2. The van der Waals surface area contributed by atoms with Gasteiger partial charge in [0.15, 0.2) is 5.13 Å². The van der Waals surface area contributed by atoms with E-state index >= 15 is 0 Å². The van der Waals surface area contributed by atoms with Gasteiger partial charge in [-0.15, -0.1) is 0 Å². The molecular weight excluding hydrogens is 586 g/mol. The lowest BCUT2D eigenvalue weighted by atomic mass is 10.1. The number of likely N-dealkylation sites (N-methyl/N-ethyl adjacent to an activating group) is 1. The number of benzene rings is 3. The van der Waals surface area contributed by atoms with E-state index in [9.17, 15) is 9.59 Å². The smallest absolute Gasteiger partial charge is 0.271 e. The minimum absolute atomic E-state index is 0.211. The van der Waals surface area contributed by atoms with Crippen LogP contribution in [0.3, 0.4) is 0 Å². The van der Waals surface area contributed by atoms with Gasteiger partial charge in [-0.3, -0.25) is 9.59 Å². The second-order valence-electron chi connectivity index (χ2n) is 8.88. The van der Waals surface area contributed by atoms with Crippen molar-refractivity contribution >= 4 is 67.2 Å². The first-order chi connectivity index (χ1) is 18.2. The molecule has 0 aliphatic carbocycles. The summed E-state index contributed by atoms with van der Waals surface area (Å²) in [6.45, 7) is 3.19. The number of carbonyl (C=O) groups is 2. The molecule has 0 radical (unpaired) electrons. The first-order valence-corrected chi connectivity index (χ1v) is 13.8. The van der Waals surface area contributed by atoms with Crippen LogP contribution in [0.5, 0.6) is 0 Å². The maximum absolute atomic E-state index is 13.1. The van der Waals surface area contributed by atoms with Gasteiger partial charge in [0.1, 0.15) is 5.69 Å². The number of anilines is 3. The predicted molar refractivity (Wildman–Crippen MR) is 160 cm³/mol. The largest absolute Gasteiger partial charge is 0.349 e. The third kappa shape index (κ3) is 7.20. The van der Waals surface area contributed by atoms with Crippen LogP contribution in [-0.4, -0.2) is 48.9 Å². The van der Waals surface area contributed by atoms with Crippen LogP contribution >= 0.6 is 38.9 Å². The molecule has 3 aromatic carbocycles. The molecule has 2 amide bonds. The number of carbonyl (C=O) groups excluding carboxylic acids is 2. The molecule has 7 nitrogen and oxygen atoms in total. The number of hydrogen-bond acceptors (Lipinski definition) is 6. The van der Waals surface area contributed by atoms with Crippen molar-refractivity contribution in [2.45, 2.75) is 6.92 Å². The van der Waals surface area contributed by atoms with E-state index in [1.54, 1.807) is 24.3 Å². The summed E-state index contributed by atoms with van der Waals surface area (Å²) in [6.07, 6.45) is 0. The van der Waals surface area contributed by atoms with Gasteiger partial charge in [0, 0.05) is 39.5 Å². The molecule has 0 spiro atoms. The first-order valence-electron chi connectivity index (χ1n) is 11.8. The van der Waals surface area contributed by atoms with E-state index in [0.29, 0.717) is 33.6 Å². The lowest BCUT2D eigenvalue weighted by Crippen LogP contribution is -2.31. The molecule has 10 heteroatoms. The Morgan fingerprint density at radius 2 is 1.79 bits per heavy atom. The minimum atomic E-state index is -0.243. The molecule has 0 fully saturated rings. The highest BCUT2D eigenvalue weighted by Gasteiger charge is 2.20. The average Bonchev–Trinajstić information content (AvgIpc) is 3.30. The van der Waals surface area contributed by atoms with E-state index in [0.717, 1.165) is 32.7 Å². The summed E-state index contributed by atoms with van der Waals surface area (Å²) in [5.41, 5.74) is 4.12. The Morgan fingerprint density at radius 1 is 1.03 bits per heavy atom. The topological polar surface area (TPSA) is 86.4 Å². The van der Waals surface area contributed by atoms with E-state index in [1.165, 1.54) is 11.3 Å². The molecule has 3 N–H and O–H groups in total. The summed E-state index contributed by atoms with van der Waals surface area (Å²) in [5.74, 6) is -0.454. The molecule has 0 bridgehead atoms. The lowest BCUT2D eigenvalue weighted by molar-refractivity contribution is 0.0946. The molecule has 196 valence electrons. The summed E-state index contributed by atoms with van der Waals surface area (Å²) in [6, 6.07) is 20.2. The Bertz CT molecular complexity index is 1460. The number of nitrogens with one attached hydrogen (secondary N) is 3. The second kappa shape index (κ2) is 12.5. The third-order valence-corrected chi connectivity index (χ3v) is 7.38. The van der Waals surface area contributed by atoms with E-state index in [1.807, 2.05) is 68.4 Å². The van der Waals surface area contributed by atoms with E-state index < -0.39 is 0 Å². The molecule has 0 unspecified atom stereocenters. The van der Waals surface area contributed by atoms with E-state index in [4.69, 9.17) is 11.6 Å². The third-order valence-electron chi connectivity index (χ3n) is 5.62. The number of aryl methyl sites for hydroxylation is 1. The maximum atomic E-state index is 13.1. The van der Waals surface area contributed by atoms with Crippen molar-refractivity contribution in [3.05, 3.63) is 93.0 Å². The monoisotopic (exact) mass is 611 g/mol. The van der Waals surface area contributed by atoms with Crippen molar-refractivity contribution in [1.82, 2.24) is 15.2 Å². The highest BCUT2D eigenvalue weighted by molar-refractivity contribution is 9.10. The zero-order valence-electron chi connectivity index (χ0n) is 21.1. The number of halogens is 2. The number of hydrogen-bond donors (Lipinski definition) is 3. The molecule has 38 heavy (non-hydrogen) atoms. The van der Waals surface area contributed by atoms with Crippen LogP contribution in [0, 0.1) is 6.92 Å². The standard InChI is InChI=1S/C28H27BrClN5O2S/c1-17-7-12-22(32-26(36)19-5-4-6-20(29)15-19)16-23(17)33-28-34-24(27(37)31-13-14-35(2)3)25(38-28)18-8-10-21(30)11-9-18/h4-12,15-16H,13-14H2,1-3H3,(H,31,37)(H,32,36)(H,33,34). The Hall–Kier alpha value is -3.24. The van der Waals surface area contributed by atoms with Gasteiger partial charge in [-0.1, -0.05) is 63.1 Å². The summed E-state index contributed by atoms with van der Waals surface area (Å²) < 4.78 is 0.832. The van der Waals surface area contributed by atoms with Gasteiger partial charge >= 0.3 is 0 Å². The van der Waals surface area contributed by atoms with Crippen LogP contribution < -0.4 is 16.0 Å². The fraction of sp³-hybridized carbons (Fsp3) is 0.179. The van der Waals surface area contributed by atoms with Crippen molar-refractivity contribution in [2.24, 2.45) is 0 Å². The van der Waals surface area contributed by atoms with Crippen LogP contribution in [0.25, 0.3) is 10.4 Å². The van der Waals surface area contributed by atoms with Crippen molar-refractivity contribution in [2.75, 3.05) is 37.8 Å². The first kappa shape index (κ1) is 27.8. The van der Waals surface area contributed by atoms with E-state index in [2.05, 4.69) is 36.9 Å². The zero-order chi connectivity index (χ0) is 27.2. The fourth-order valence-electron chi connectivity index (χ4n) is 3.58. The second-order valence-corrected chi connectivity index (χ2v) is 11.2. The van der Waals surface area contributed by atoms with Gasteiger partial charge in [-0.2, -0.15) is 0 Å². The van der Waals surface area contributed by atoms with Crippen LogP contribution in [-0.2, 0) is 0 Å². The predicted octanol–water partition coefficient (Wildman–Crippen LogP) is 6.82. The molecule has 1 aromatic heterocycles. The highest BCUT2D eigenvalue weighted by Crippen LogP contribution is 2.36. The number of aromatic nitrogens is 1. The van der Waals surface area contributed by atoms with Gasteiger partial charge in [0.25, 0.3) is 11.8 Å². The number of rotatable bonds is 9. The number of nitrogens with zero attached hydrogens (tertiary/aromatic N) is 2. The molecular formula is C28H27BrClN5O2S. The number of thiazole rings is 1. The summed E-state index contributed by atoms with van der Waals surface area (Å²) in [4.78, 5) is 33.2. The molecule has 4 aromatic rings. The highest BCUT2D eigenvalue weighted by atomic mass is 79.9. The van der Waals surface area contributed by atoms with Gasteiger partial charge in [-0.05, 0) is 74.6 Å². The molecule has 0 saturated heterocycles. The van der Waals surface area contributed by atoms with E-state index in [-0.39, 0.29) is 11.8 Å². The maximum Gasteiger partial charge on any atom is 0.271 e. The summed E-state index contributed by atoms with van der Waals surface area (Å²) in [5, 5.41) is 10.4. The summed E-state index contributed by atoms with van der Waals surface area (Å²) in [7, 11) is 3.90. The normalized spacial score (nSPS) is 10.9. The molecule has 1 heterocycles. The van der Waals surface area contributed by atoms with Crippen LogP contribution in [0.2, 0.25) is 5.02 Å². The van der Waals surface area contributed by atoms with Crippen molar-refractivity contribution in [3.63, 3.8) is 0 Å². The lowest BCUT2D eigenvalue weighted by Gasteiger charge is -2.11. The Morgan fingerprint density at radius 3 is 2.50 bits per heavy atom. The molecule has 0 aliphatic rings. The fourth-order valence-corrected chi connectivity index (χ4v) is 5.09.